The first-order valence-electron chi connectivity index (χ1n) is 9.27. The van der Waals surface area contributed by atoms with Crippen molar-refractivity contribution in [1.29, 1.82) is 0 Å². The number of hydrogen-bond donors (Lipinski definition) is 0. The van der Waals surface area contributed by atoms with Gasteiger partial charge in [-0.2, -0.15) is 0 Å². The molecule has 1 aliphatic carbocycles. The number of amides is 2. The van der Waals surface area contributed by atoms with Crippen LogP contribution in [0.15, 0.2) is 0 Å². The summed E-state index contributed by atoms with van der Waals surface area (Å²) in [6.07, 6.45) is 5.96. The van der Waals surface area contributed by atoms with Crippen LogP contribution in [-0.2, 0) is 14.3 Å². The number of nitrogens with zero attached hydrogens (tertiary/aromatic N) is 2. The minimum Gasteiger partial charge on any atom is -0.376 e. The van der Waals surface area contributed by atoms with Crippen molar-refractivity contribution in [3.05, 3.63) is 0 Å². The Morgan fingerprint density at radius 2 is 1.87 bits per heavy atom. The van der Waals surface area contributed by atoms with Crippen molar-refractivity contribution in [3.63, 3.8) is 0 Å². The molecule has 1 saturated carbocycles. The van der Waals surface area contributed by atoms with Crippen molar-refractivity contribution < 1.29 is 14.3 Å². The molecule has 2 atom stereocenters. The molecule has 5 heteroatoms. The number of ether oxygens (including phenoxy) is 1. The first-order chi connectivity index (χ1) is 11.1. The summed E-state index contributed by atoms with van der Waals surface area (Å²) in [5, 5.41) is 0. The fourth-order valence-electron chi connectivity index (χ4n) is 3.60. The van der Waals surface area contributed by atoms with Gasteiger partial charge in [0.05, 0.1) is 6.10 Å². The molecule has 2 heterocycles. The lowest BCUT2D eigenvalue weighted by molar-refractivity contribution is -0.144. The third-order valence-corrected chi connectivity index (χ3v) is 5.25. The SMILES string of the molecule is CC(C)CCOC1CCN(C(=O)C2CCCN2C(=O)C2CC2)C1. The molecule has 2 amide bonds. The number of rotatable bonds is 6. The maximum Gasteiger partial charge on any atom is 0.245 e. The van der Waals surface area contributed by atoms with Gasteiger partial charge in [0.15, 0.2) is 0 Å². The predicted octanol–water partition coefficient (Wildman–Crippen LogP) is 2.05. The van der Waals surface area contributed by atoms with Crippen molar-refractivity contribution in [3.8, 4) is 0 Å². The zero-order valence-corrected chi connectivity index (χ0v) is 14.5. The number of carbonyl (C=O) groups excluding carboxylic acids is 2. The van der Waals surface area contributed by atoms with Gasteiger partial charge in [-0.25, -0.2) is 0 Å². The van der Waals surface area contributed by atoms with E-state index in [0.717, 1.165) is 58.2 Å². The van der Waals surface area contributed by atoms with E-state index in [0.29, 0.717) is 12.5 Å². The van der Waals surface area contributed by atoms with Crippen molar-refractivity contribution in [2.45, 2.75) is 64.5 Å². The minimum absolute atomic E-state index is 0.145. The van der Waals surface area contributed by atoms with Gasteiger partial charge in [0.2, 0.25) is 11.8 Å². The van der Waals surface area contributed by atoms with Gasteiger partial charge in [-0.15, -0.1) is 0 Å². The van der Waals surface area contributed by atoms with E-state index in [1.165, 1.54) is 0 Å². The fraction of sp³-hybridized carbons (Fsp3) is 0.889. The quantitative estimate of drug-likeness (QED) is 0.752. The van der Waals surface area contributed by atoms with Gasteiger partial charge >= 0.3 is 0 Å². The van der Waals surface area contributed by atoms with E-state index >= 15 is 0 Å². The summed E-state index contributed by atoms with van der Waals surface area (Å²) < 4.78 is 5.90. The van der Waals surface area contributed by atoms with E-state index in [1.807, 2.05) is 9.80 Å². The van der Waals surface area contributed by atoms with Crippen LogP contribution in [0.1, 0.15) is 52.4 Å². The van der Waals surface area contributed by atoms with Crippen molar-refractivity contribution in [2.24, 2.45) is 11.8 Å². The van der Waals surface area contributed by atoms with Crippen molar-refractivity contribution in [2.75, 3.05) is 26.2 Å². The average Bonchev–Trinajstić information content (AvgIpc) is 3.07. The highest BCUT2D eigenvalue weighted by Gasteiger charge is 2.43. The maximum atomic E-state index is 12.8. The molecule has 2 saturated heterocycles. The highest BCUT2D eigenvalue weighted by molar-refractivity contribution is 5.90. The second-order valence-corrected chi connectivity index (χ2v) is 7.71. The van der Waals surface area contributed by atoms with E-state index < -0.39 is 0 Å². The second kappa shape index (κ2) is 7.20. The molecular weight excluding hydrogens is 292 g/mol. The van der Waals surface area contributed by atoms with E-state index in [4.69, 9.17) is 4.74 Å². The lowest BCUT2D eigenvalue weighted by atomic mass is 10.1. The van der Waals surface area contributed by atoms with Gasteiger partial charge < -0.3 is 14.5 Å². The van der Waals surface area contributed by atoms with Crippen LogP contribution >= 0.6 is 0 Å². The number of hydrogen-bond acceptors (Lipinski definition) is 3. The van der Waals surface area contributed by atoms with Crippen LogP contribution in [-0.4, -0.2) is 60.0 Å². The van der Waals surface area contributed by atoms with E-state index in [1.54, 1.807) is 0 Å². The van der Waals surface area contributed by atoms with Gasteiger partial charge in [-0.3, -0.25) is 9.59 Å². The summed E-state index contributed by atoms with van der Waals surface area (Å²) in [7, 11) is 0. The summed E-state index contributed by atoms with van der Waals surface area (Å²) in [4.78, 5) is 28.9. The maximum absolute atomic E-state index is 12.8. The lowest BCUT2D eigenvalue weighted by Gasteiger charge is -2.28. The number of likely N-dealkylation sites (tertiary alicyclic amines) is 2. The Hall–Kier alpha value is -1.10. The third kappa shape index (κ3) is 4.06. The summed E-state index contributed by atoms with van der Waals surface area (Å²) in [6.45, 7) is 7.39. The van der Waals surface area contributed by atoms with E-state index in [2.05, 4.69) is 13.8 Å². The third-order valence-electron chi connectivity index (χ3n) is 5.25. The Balaban J connectivity index is 1.49. The van der Waals surface area contributed by atoms with Gasteiger partial charge in [0, 0.05) is 32.2 Å². The van der Waals surface area contributed by atoms with Gasteiger partial charge in [-0.05, 0) is 44.4 Å². The highest BCUT2D eigenvalue weighted by Crippen LogP contribution is 2.34. The Kier molecular flexibility index (Phi) is 5.24. The van der Waals surface area contributed by atoms with Gasteiger partial charge in [-0.1, -0.05) is 13.8 Å². The van der Waals surface area contributed by atoms with E-state index in [-0.39, 0.29) is 29.9 Å². The topological polar surface area (TPSA) is 49.9 Å². The fourth-order valence-corrected chi connectivity index (χ4v) is 3.60. The molecule has 0 aromatic rings. The zero-order chi connectivity index (χ0) is 16.4. The van der Waals surface area contributed by atoms with Gasteiger partial charge in [0.1, 0.15) is 6.04 Å². The molecule has 2 unspecified atom stereocenters. The Bertz CT molecular complexity index is 448. The first kappa shape index (κ1) is 16.7. The summed E-state index contributed by atoms with van der Waals surface area (Å²) >= 11 is 0. The van der Waals surface area contributed by atoms with Crippen LogP contribution in [0.25, 0.3) is 0 Å². The molecule has 130 valence electrons. The smallest absolute Gasteiger partial charge is 0.245 e. The molecule has 0 aromatic carbocycles. The Morgan fingerprint density at radius 3 is 2.57 bits per heavy atom. The Morgan fingerprint density at radius 1 is 1.09 bits per heavy atom. The molecule has 5 nitrogen and oxygen atoms in total. The molecule has 0 N–H and O–H groups in total. The largest absolute Gasteiger partial charge is 0.376 e. The second-order valence-electron chi connectivity index (χ2n) is 7.71. The van der Waals surface area contributed by atoms with E-state index in [9.17, 15) is 9.59 Å². The summed E-state index contributed by atoms with van der Waals surface area (Å²) in [6, 6.07) is -0.211. The molecule has 2 aliphatic heterocycles. The lowest BCUT2D eigenvalue weighted by Crippen LogP contribution is -2.47. The summed E-state index contributed by atoms with van der Waals surface area (Å²) in [5.74, 6) is 1.21. The van der Waals surface area contributed by atoms with Crippen molar-refractivity contribution >= 4 is 11.8 Å². The molecule has 3 fully saturated rings. The predicted molar refractivity (Wildman–Crippen MR) is 87.9 cm³/mol. The average molecular weight is 322 g/mol. The molecule has 3 aliphatic rings. The number of carbonyl (C=O) groups is 2. The monoisotopic (exact) mass is 322 g/mol. The molecule has 0 spiro atoms. The van der Waals surface area contributed by atoms with Crippen LogP contribution in [0, 0.1) is 11.8 Å². The first-order valence-corrected chi connectivity index (χ1v) is 9.27. The molecule has 0 radical (unpaired) electrons. The molecule has 23 heavy (non-hydrogen) atoms. The zero-order valence-electron chi connectivity index (χ0n) is 14.5. The van der Waals surface area contributed by atoms with Crippen molar-refractivity contribution in [1.82, 2.24) is 9.80 Å². The molecule has 0 aromatic heterocycles. The van der Waals surface area contributed by atoms with Gasteiger partial charge in [0.25, 0.3) is 0 Å². The standard InChI is InChI=1S/C18H30N2O3/c1-13(2)8-11-23-15-7-10-19(12-15)18(22)16-4-3-9-20(16)17(21)14-5-6-14/h13-16H,3-12H2,1-2H3. The van der Waals surface area contributed by atoms with Crippen LogP contribution in [0.5, 0.6) is 0 Å². The molecule has 3 rings (SSSR count). The Labute approximate surface area is 139 Å². The summed E-state index contributed by atoms with van der Waals surface area (Å²) in [5.41, 5.74) is 0. The van der Waals surface area contributed by atoms with Crippen LogP contribution in [0.4, 0.5) is 0 Å². The molecular formula is C18H30N2O3. The van der Waals surface area contributed by atoms with Crippen LogP contribution in [0.3, 0.4) is 0 Å². The minimum atomic E-state index is -0.211. The van der Waals surface area contributed by atoms with Crippen LogP contribution in [0.2, 0.25) is 0 Å². The highest BCUT2D eigenvalue weighted by atomic mass is 16.5. The molecule has 0 bridgehead atoms. The normalized spacial score (nSPS) is 28.0. The van der Waals surface area contributed by atoms with Crippen LogP contribution < -0.4 is 0 Å².